The van der Waals surface area contributed by atoms with Crippen LogP contribution in [0.15, 0.2) is 48.7 Å². The lowest BCUT2D eigenvalue weighted by molar-refractivity contribution is -0.0500. The van der Waals surface area contributed by atoms with Crippen LogP contribution in [0.1, 0.15) is 62.0 Å². The molecule has 43 heavy (non-hydrogen) atoms. The van der Waals surface area contributed by atoms with Gasteiger partial charge in [0, 0.05) is 23.2 Å². The molecule has 14 heteroatoms. The first kappa shape index (κ1) is 31.9. The second-order valence-corrected chi connectivity index (χ2v) is 12.9. The monoisotopic (exact) mass is 623 g/mol. The summed E-state index contributed by atoms with van der Waals surface area (Å²) >= 11 is 0. The number of pyridine rings is 1. The smallest absolute Gasteiger partial charge is 0.491 e. The van der Waals surface area contributed by atoms with Gasteiger partial charge in [-0.25, -0.2) is 4.79 Å². The van der Waals surface area contributed by atoms with Crippen LogP contribution in [-0.2, 0) is 20.4 Å². The molecule has 4 rings (SSSR count). The Balaban J connectivity index is 1.54. The summed E-state index contributed by atoms with van der Waals surface area (Å²) in [4.78, 5) is 29.7. The number of carbonyl (C=O) groups excluding carboxylic acids is 2. The number of aromatic nitrogens is 1. The molecular formula is C29H32F3N3O7S. The van der Waals surface area contributed by atoms with Gasteiger partial charge in [0.1, 0.15) is 23.7 Å². The third-order valence-electron chi connectivity index (χ3n) is 6.52. The number of benzene rings is 2. The third-order valence-corrected chi connectivity index (χ3v) is 7.50. The topological polar surface area (TPSA) is 133 Å². The van der Waals surface area contributed by atoms with Crippen LogP contribution in [0.2, 0.25) is 0 Å². The second-order valence-electron chi connectivity index (χ2n) is 11.4. The average molecular weight is 624 g/mol. The van der Waals surface area contributed by atoms with Gasteiger partial charge in [-0.15, -0.1) is 0 Å². The molecule has 1 aliphatic rings. The summed E-state index contributed by atoms with van der Waals surface area (Å²) in [5.41, 5.74) is -5.74. The minimum atomic E-state index is -5.92. The Morgan fingerprint density at radius 1 is 1.07 bits per heavy atom. The predicted octanol–water partition coefficient (Wildman–Crippen LogP) is 5.48. The van der Waals surface area contributed by atoms with Crippen LogP contribution in [0.3, 0.4) is 0 Å². The SMILES string of the molecule is Cc1ccc(OCC(C)NC(=O)OC(C)(C)C)cc1C(=O)NC1(c2cc(OS(=O)(=O)C(F)(F)F)cc3ncccc23)CC1. The Hall–Kier alpha value is -4.07. The number of alkyl halides is 3. The van der Waals surface area contributed by atoms with Crippen molar-refractivity contribution in [1.82, 2.24) is 15.6 Å². The fourth-order valence-electron chi connectivity index (χ4n) is 4.35. The Morgan fingerprint density at radius 2 is 1.77 bits per heavy atom. The lowest BCUT2D eigenvalue weighted by Gasteiger charge is -2.22. The quantitative estimate of drug-likeness (QED) is 0.237. The molecule has 1 unspecified atom stereocenters. The van der Waals surface area contributed by atoms with E-state index >= 15 is 0 Å². The van der Waals surface area contributed by atoms with Crippen LogP contribution < -0.4 is 19.6 Å². The van der Waals surface area contributed by atoms with E-state index in [0.717, 1.165) is 6.07 Å². The van der Waals surface area contributed by atoms with Gasteiger partial charge in [0.2, 0.25) is 0 Å². The first-order chi connectivity index (χ1) is 19.9. The maximum atomic E-state index is 13.5. The van der Waals surface area contributed by atoms with Gasteiger partial charge in [0.25, 0.3) is 5.91 Å². The maximum Gasteiger partial charge on any atom is 0.534 e. The highest BCUT2D eigenvalue weighted by Crippen LogP contribution is 2.49. The molecule has 1 aromatic heterocycles. The van der Waals surface area contributed by atoms with Crippen LogP contribution in [0.5, 0.6) is 11.5 Å². The van der Waals surface area contributed by atoms with E-state index in [0.29, 0.717) is 40.7 Å². The van der Waals surface area contributed by atoms with Crippen molar-refractivity contribution in [3.05, 3.63) is 65.4 Å². The number of amides is 2. The van der Waals surface area contributed by atoms with Crippen molar-refractivity contribution in [2.45, 2.75) is 70.2 Å². The minimum absolute atomic E-state index is 0.0971. The molecule has 1 fully saturated rings. The number of nitrogens with zero attached hydrogens (tertiary/aromatic N) is 1. The summed E-state index contributed by atoms with van der Waals surface area (Å²) in [5.74, 6) is -0.660. The van der Waals surface area contributed by atoms with Gasteiger partial charge in [-0.05, 0) is 82.9 Å². The fourth-order valence-corrected chi connectivity index (χ4v) is 4.80. The van der Waals surface area contributed by atoms with E-state index in [9.17, 15) is 31.2 Å². The van der Waals surface area contributed by atoms with Crippen molar-refractivity contribution in [2.24, 2.45) is 0 Å². The summed E-state index contributed by atoms with van der Waals surface area (Å²) in [7, 11) is -5.92. The second kappa shape index (κ2) is 11.5. The van der Waals surface area contributed by atoms with E-state index in [2.05, 4.69) is 19.8 Å². The number of alkyl carbamates (subject to hydrolysis) is 1. The summed E-state index contributed by atoms with van der Waals surface area (Å²) in [6.07, 6.45) is 1.71. The van der Waals surface area contributed by atoms with E-state index in [4.69, 9.17) is 9.47 Å². The van der Waals surface area contributed by atoms with Crippen LogP contribution in [0, 0.1) is 6.92 Å². The average Bonchev–Trinajstić information content (AvgIpc) is 3.65. The summed E-state index contributed by atoms with van der Waals surface area (Å²) in [6, 6.07) is 10.1. The van der Waals surface area contributed by atoms with Crippen LogP contribution in [0.25, 0.3) is 10.9 Å². The molecule has 0 radical (unpaired) electrons. The lowest BCUT2D eigenvalue weighted by Crippen LogP contribution is -2.40. The molecule has 3 aromatic rings. The minimum Gasteiger partial charge on any atom is -0.491 e. The fraction of sp³-hybridized carbons (Fsp3) is 0.414. The maximum absolute atomic E-state index is 13.5. The van der Waals surface area contributed by atoms with E-state index in [1.807, 2.05) is 0 Å². The Kier molecular flexibility index (Phi) is 8.56. The van der Waals surface area contributed by atoms with E-state index < -0.39 is 50.6 Å². The molecule has 232 valence electrons. The number of fused-ring (bicyclic) bond motifs is 1. The molecule has 0 aliphatic heterocycles. The summed E-state index contributed by atoms with van der Waals surface area (Å²) in [5, 5.41) is 6.17. The normalized spacial score (nSPS) is 15.3. The van der Waals surface area contributed by atoms with Crippen molar-refractivity contribution in [3.8, 4) is 11.5 Å². The Labute approximate surface area is 247 Å². The van der Waals surface area contributed by atoms with Crippen LogP contribution >= 0.6 is 0 Å². The number of rotatable bonds is 9. The van der Waals surface area contributed by atoms with Crippen molar-refractivity contribution in [2.75, 3.05) is 6.61 Å². The van der Waals surface area contributed by atoms with Gasteiger partial charge >= 0.3 is 21.7 Å². The third kappa shape index (κ3) is 7.66. The van der Waals surface area contributed by atoms with Crippen LogP contribution in [-0.4, -0.2) is 49.2 Å². The standard InChI is InChI=1S/C29H32F3N3O7S/c1-17-8-9-19(40-16-18(2)34-26(37)41-27(3,4)5)13-22(17)25(36)35-28(10-11-28)23-14-20(42-43(38,39)29(30,31)32)15-24-21(23)7-6-12-33-24/h6-9,12-15,18H,10-11,16H2,1-5H3,(H,34,37)(H,35,36). The summed E-state index contributed by atoms with van der Waals surface area (Å²) in [6.45, 7) is 8.82. The van der Waals surface area contributed by atoms with Crippen molar-refractivity contribution < 1.29 is 44.8 Å². The largest absolute Gasteiger partial charge is 0.534 e. The Morgan fingerprint density at radius 3 is 2.40 bits per heavy atom. The first-order valence-electron chi connectivity index (χ1n) is 13.3. The van der Waals surface area contributed by atoms with Crippen molar-refractivity contribution in [1.29, 1.82) is 0 Å². The molecule has 2 amide bonds. The molecule has 0 bridgehead atoms. The number of carbonyl (C=O) groups is 2. The van der Waals surface area contributed by atoms with Crippen molar-refractivity contribution in [3.63, 3.8) is 0 Å². The molecule has 10 nitrogen and oxygen atoms in total. The predicted molar refractivity (Wildman–Crippen MR) is 151 cm³/mol. The number of hydrogen-bond donors (Lipinski definition) is 2. The highest BCUT2D eigenvalue weighted by atomic mass is 32.2. The molecule has 1 aliphatic carbocycles. The molecule has 1 atom stereocenters. The number of ether oxygens (including phenoxy) is 2. The van der Waals surface area contributed by atoms with Crippen molar-refractivity contribution >= 4 is 33.0 Å². The van der Waals surface area contributed by atoms with E-state index in [1.54, 1.807) is 65.0 Å². The number of nitrogens with one attached hydrogen (secondary N) is 2. The van der Waals surface area contributed by atoms with E-state index in [1.165, 1.54) is 12.3 Å². The van der Waals surface area contributed by atoms with Gasteiger partial charge in [0.05, 0.1) is 17.1 Å². The zero-order valence-electron chi connectivity index (χ0n) is 24.2. The molecule has 2 aromatic carbocycles. The molecule has 0 spiro atoms. The molecular weight excluding hydrogens is 591 g/mol. The van der Waals surface area contributed by atoms with Gasteiger partial charge in [-0.1, -0.05) is 12.1 Å². The van der Waals surface area contributed by atoms with Gasteiger partial charge in [-0.2, -0.15) is 21.6 Å². The number of hydrogen-bond acceptors (Lipinski definition) is 8. The van der Waals surface area contributed by atoms with Crippen LogP contribution in [0.4, 0.5) is 18.0 Å². The Bertz CT molecular complexity index is 1650. The highest BCUT2D eigenvalue weighted by Gasteiger charge is 2.50. The number of halogens is 3. The molecule has 0 saturated heterocycles. The van der Waals surface area contributed by atoms with Gasteiger partial charge < -0.3 is 24.3 Å². The molecule has 2 N–H and O–H groups in total. The highest BCUT2D eigenvalue weighted by molar-refractivity contribution is 7.88. The summed E-state index contributed by atoms with van der Waals surface area (Å²) < 4.78 is 77.8. The zero-order chi connectivity index (χ0) is 31.8. The van der Waals surface area contributed by atoms with Gasteiger partial charge in [0.15, 0.2) is 0 Å². The number of aryl methyl sites for hydroxylation is 1. The zero-order valence-corrected chi connectivity index (χ0v) is 25.0. The lowest BCUT2D eigenvalue weighted by atomic mass is 9.97. The first-order valence-corrected chi connectivity index (χ1v) is 14.8. The van der Waals surface area contributed by atoms with E-state index in [-0.39, 0.29) is 12.1 Å². The molecule has 1 heterocycles. The molecule has 1 saturated carbocycles. The van der Waals surface area contributed by atoms with Gasteiger partial charge in [-0.3, -0.25) is 9.78 Å².